The lowest BCUT2D eigenvalue weighted by Gasteiger charge is -2.11. The third kappa shape index (κ3) is 4.33. The Labute approximate surface area is 151 Å². The molecule has 0 radical (unpaired) electrons. The molecular weight excluding hydrogens is 360 g/mol. The highest BCUT2D eigenvalue weighted by molar-refractivity contribution is 7.99. The number of fused-ring (bicyclic) bond motifs is 1. The zero-order valence-electron chi connectivity index (χ0n) is 13.6. The average molecular weight is 378 g/mol. The van der Waals surface area contributed by atoms with Gasteiger partial charge >= 0.3 is 0 Å². The number of anilines is 1. The number of ether oxygens (including phenoxy) is 1. The van der Waals surface area contributed by atoms with Crippen molar-refractivity contribution in [2.45, 2.75) is 22.8 Å². The van der Waals surface area contributed by atoms with Crippen LogP contribution in [0, 0.1) is 0 Å². The van der Waals surface area contributed by atoms with Crippen LogP contribution in [0.2, 0.25) is 0 Å². The molecule has 0 atom stereocenters. The number of hydrogen-bond donors (Lipinski definition) is 2. The topological polar surface area (TPSA) is 84.5 Å². The third-order valence-electron chi connectivity index (χ3n) is 3.75. The van der Waals surface area contributed by atoms with Crippen molar-refractivity contribution in [2.24, 2.45) is 0 Å². The highest BCUT2D eigenvalue weighted by Gasteiger charge is 2.19. The summed E-state index contributed by atoms with van der Waals surface area (Å²) in [5, 5.41) is 2.76. The molecule has 0 saturated carbocycles. The molecule has 0 unspecified atom stereocenters. The van der Waals surface area contributed by atoms with Crippen LogP contribution in [0.25, 0.3) is 0 Å². The van der Waals surface area contributed by atoms with Gasteiger partial charge in [0.1, 0.15) is 5.75 Å². The standard InChI is InChI=1S/C17H18N2O4S2/c1-23-13-4-2-12(3-5-13)11-18-25(21,22)14-6-7-16-15(10-14)19-17(20)8-9-24-16/h2-7,10,18H,8-9,11H2,1H3,(H,19,20). The normalized spacial score (nSPS) is 14.4. The molecule has 132 valence electrons. The molecule has 25 heavy (non-hydrogen) atoms. The summed E-state index contributed by atoms with van der Waals surface area (Å²) >= 11 is 1.54. The van der Waals surface area contributed by atoms with Crippen molar-refractivity contribution in [1.29, 1.82) is 0 Å². The minimum Gasteiger partial charge on any atom is -0.497 e. The number of rotatable bonds is 5. The lowest BCUT2D eigenvalue weighted by molar-refractivity contribution is -0.115. The summed E-state index contributed by atoms with van der Waals surface area (Å²) in [6, 6.07) is 11.9. The monoisotopic (exact) mass is 378 g/mol. The molecule has 8 heteroatoms. The van der Waals surface area contributed by atoms with Gasteiger partial charge in [-0.1, -0.05) is 12.1 Å². The van der Waals surface area contributed by atoms with Crippen molar-refractivity contribution in [2.75, 3.05) is 18.2 Å². The van der Waals surface area contributed by atoms with E-state index in [-0.39, 0.29) is 17.3 Å². The third-order valence-corrected chi connectivity index (χ3v) is 6.22. The van der Waals surface area contributed by atoms with Crippen LogP contribution in [0.15, 0.2) is 52.3 Å². The first-order valence-corrected chi connectivity index (χ1v) is 10.1. The van der Waals surface area contributed by atoms with E-state index in [0.717, 1.165) is 10.5 Å². The first-order chi connectivity index (χ1) is 12.0. The number of methoxy groups -OCH3 is 1. The number of amides is 1. The number of carbonyl (C=O) groups is 1. The Balaban J connectivity index is 1.76. The SMILES string of the molecule is COc1ccc(CNS(=O)(=O)c2ccc3c(c2)NC(=O)CCS3)cc1. The van der Waals surface area contributed by atoms with Gasteiger partial charge in [-0.2, -0.15) is 0 Å². The Morgan fingerprint density at radius 3 is 2.68 bits per heavy atom. The lowest BCUT2D eigenvalue weighted by atomic mass is 10.2. The molecular formula is C17H18N2O4S2. The van der Waals surface area contributed by atoms with Gasteiger partial charge in [0.05, 0.1) is 17.7 Å². The minimum absolute atomic E-state index is 0.105. The van der Waals surface area contributed by atoms with E-state index in [9.17, 15) is 13.2 Å². The van der Waals surface area contributed by atoms with Crippen molar-refractivity contribution in [1.82, 2.24) is 4.72 Å². The summed E-state index contributed by atoms with van der Waals surface area (Å²) in [6.45, 7) is 0.171. The van der Waals surface area contributed by atoms with E-state index in [1.54, 1.807) is 43.5 Å². The molecule has 0 fully saturated rings. The number of benzene rings is 2. The second kappa shape index (κ2) is 7.47. The van der Waals surface area contributed by atoms with Crippen LogP contribution in [0.3, 0.4) is 0 Å². The van der Waals surface area contributed by atoms with Gasteiger partial charge < -0.3 is 10.1 Å². The number of hydrogen-bond acceptors (Lipinski definition) is 5. The van der Waals surface area contributed by atoms with Gasteiger partial charge in [-0.25, -0.2) is 13.1 Å². The molecule has 2 N–H and O–H groups in total. The zero-order chi connectivity index (χ0) is 17.9. The van der Waals surface area contributed by atoms with Crippen molar-refractivity contribution < 1.29 is 17.9 Å². The smallest absolute Gasteiger partial charge is 0.240 e. The van der Waals surface area contributed by atoms with Gasteiger partial charge in [-0.15, -0.1) is 11.8 Å². The predicted octanol–water partition coefficient (Wildman–Crippen LogP) is 2.61. The van der Waals surface area contributed by atoms with Crippen LogP contribution in [-0.2, 0) is 21.4 Å². The van der Waals surface area contributed by atoms with Crippen LogP contribution in [0.4, 0.5) is 5.69 Å². The summed E-state index contributed by atoms with van der Waals surface area (Å²) < 4.78 is 32.7. The summed E-state index contributed by atoms with van der Waals surface area (Å²) in [5.41, 5.74) is 1.36. The van der Waals surface area contributed by atoms with Gasteiger partial charge in [0, 0.05) is 23.6 Å². The van der Waals surface area contributed by atoms with Crippen molar-refractivity contribution in [3.8, 4) is 5.75 Å². The molecule has 0 aliphatic carbocycles. The molecule has 0 aromatic heterocycles. The van der Waals surface area contributed by atoms with Crippen LogP contribution < -0.4 is 14.8 Å². The predicted molar refractivity (Wildman–Crippen MR) is 97.4 cm³/mol. The van der Waals surface area contributed by atoms with Crippen LogP contribution in [0.1, 0.15) is 12.0 Å². The molecule has 2 aromatic rings. The van der Waals surface area contributed by atoms with E-state index in [0.29, 0.717) is 23.6 Å². The number of thioether (sulfide) groups is 1. The minimum atomic E-state index is -3.68. The second-order valence-corrected chi connectivity index (χ2v) is 8.38. The molecule has 1 heterocycles. The van der Waals surface area contributed by atoms with E-state index in [1.165, 1.54) is 17.8 Å². The van der Waals surface area contributed by atoms with Crippen LogP contribution in [0.5, 0.6) is 5.75 Å². The molecule has 0 saturated heterocycles. The Morgan fingerprint density at radius 2 is 1.96 bits per heavy atom. The van der Waals surface area contributed by atoms with Gasteiger partial charge in [-0.3, -0.25) is 4.79 Å². The summed E-state index contributed by atoms with van der Waals surface area (Å²) in [4.78, 5) is 12.7. The highest BCUT2D eigenvalue weighted by Crippen LogP contribution is 2.32. The molecule has 6 nitrogen and oxygen atoms in total. The quantitative estimate of drug-likeness (QED) is 0.835. The maximum absolute atomic E-state index is 12.5. The number of nitrogens with one attached hydrogen (secondary N) is 2. The first-order valence-electron chi connectivity index (χ1n) is 7.67. The lowest BCUT2D eigenvalue weighted by Crippen LogP contribution is -2.23. The Bertz CT molecular complexity index is 880. The Morgan fingerprint density at radius 1 is 1.20 bits per heavy atom. The van der Waals surface area contributed by atoms with Crippen molar-refractivity contribution in [3.63, 3.8) is 0 Å². The van der Waals surface area contributed by atoms with E-state index in [1.807, 2.05) is 0 Å². The largest absolute Gasteiger partial charge is 0.497 e. The zero-order valence-corrected chi connectivity index (χ0v) is 15.2. The van der Waals surface area contributed by atoms with E-state index < -0.39 is 10.0 Å². The van der Waals surface area contributed by atoms with E-state index in [2.05, 4.69) is 10.0 Å². The second-order valence-electron chi connectivity index (χ2n) is 5.48. The molecule has 2 aromatic carbocycles. The van der Waals surface area contributed by atoms with E-state index in [4.69, 9.17) is 4.74 Å². The van der Waals surface area contributed by atoms with Crippen molar-refractivity contribution >= 4 is 33.4 Å². The van der Waals surface area contributed by atoms with Gasteiger partial charge in [0.2, 0.25) is 15.9 Å². The van der Waals surface area contributed by atoms with Gasteiger partial charge in [0.15, 0.2) is 0 Å². The Kier molecular flexibility index (Phi) is 5.31. The molecule has 0 bridgehead atoms. The number of carbonyl (C=O) groups excluding carboxylic acids is 1. The van der Waals surface area contributed by atoms with Crippen LogP contribution >= 0.6 is 11.8 Å². The highest BCUT2D eigenvalue weighted by atomic mass is 32.2. The summed E-state index contributed by atoms with van der Waals surface area (Å²) in [5.74, 6) is 1.29. The maximum atomic E-state index is 12.5. The molecule has 1 aliphatic rings. The molecule has 0 spiro atoms. The fourth-order valence-electron chi connectivity index (χ4n) is 2.37. The van der Waals surface area contributed by atoms with E-state index >= 15 is 0 Å². The summed E-state index contributed by atoms with van der Waals surface area (Å²) in [6.07, 6.45) is 0.414. The Hall–Kier alpha value is -2.03. The number of sulfonamides is 1. The van der Waals surface area contributed by atoms with Gasteiger partial charge in [0.25, 0.3) is 0 Å². The summed E-state index contributed by atoms with van der Waals surface area (Å²) in [7, 11) is -2.10. The molecule has 1 amide bonds. The van der Waals surface area contributed by atoms with Gasteiger partial charge in [-0.05, 0) is 35.9 Å². The average Bonchev–Trinajstić information content (AvgIpc) is 2.80. The fourth-order valence-corrected chi connectivity index (χ4v) is 4.35. The maximum Gasteiger partial charge on any atom is 0.240 e. The molecule has 1 aliphatic heterocycles. The fraction of sp³-hybridized carbons (Fsp3) is 0.235. The first kappa shape index (κ1) is 17.8. The van der Waals surface area contributed by atoms with Crippen LogP contribution in [-0.4, -0.2) is 27.2 Å². The molecule has 3 rings (SSSR count). The van der Waals surface area contributed by atoms with Crippen molar-refractivity contribution in [3.05, 3.63) is 48.0 Å².